The van der Waals surface area contributed by atoms with Crippen LogP contribution in [-0.4, -0.2) is 12.4 Å². The lowest BCUT2D eigenvalue weighted by molar-refractivity contribution is 0.103. The van der Waals surface area contributed by atoms with Crippen molar-refractivity contribution in [2.24, 2.45) is 0 Å². The van der Waals surface area contributed by atoms with Crippen molar-refractivity contribution in [2.45, 2.75) is 13.3 Å². The van der Waals surface area contributed by atoms with Crippen LogP contribution in [0.15, 0.2) is 54.1 Å². The van der Waals surface area contributed by atoms with Gasteiger partial charge in [0.1, 0.15) is 5.75 Å². The van der Waals surface area contributed by atoms with E-state index in [9.17, 15) is 4.79 Å². The standard InChI is InChI=1S/C18H16O2/c1-13-6-8-14(9-7-13)12-15-10-11-20-17-5-3-2-4-16(17)18(15)19/h2-9,12H,10-11H2,1H3/b15-12+. The number of ether oxygens (including phenoxy) is 1. The number of para-hydroxylation sites is 1. The second-order valence-electron chi connectivity index (χ2n) is 5.00. The van der Waals surface area contributed by atoms with Crippen molar-refractivity contribution in [3.63, 3.8) is 0 Å². The van der Waals surface area contributed by atoms with E-state index >= 15 is 0 Å². The Bertz CT molecular complexity index is 666. The van der Waals surface area contributed by atoms with E-state index in [1.807, 2.05) is 42.5 Å². The van der Waals surface area contributed by atoms with Gasteiger partial charge in [-0.2, -0.15) is 0 Å². The van der Waals surface area contributed by atoms with Crippen molar-refractivity contribution < 1.29 is 9.53 Å². The zero-order chi connectivity index (χ0) is 13.9. The van der Waals surface area contributed by atoms with Gasteiger partial charge in [0.2, 0.25) is 0 Å². The molecule has 0 aromatic heterocycles. The van der Waals surface area contributed by atoms with Crippen LogP contribution in [0.3, 0.4) is 0 Å². The van der Waals surface area contributed by atoms with E-state index in [1.54, 1.807) is 0 Å². The molecule has 2 aromatic rings. The highest BCUT2D eigenvalue weighted by molar-refractivity contribution is 6.13. The molecule has 2 nitrogen and oxygen atoms in total. The molecule has 0 saturated heterocycles. The maximum Gasteiger partial charge on any atom is 0.192 e. The molecule has 20 heavy (non-hydrogen) atoms. The Morgan fingerprint density at radius 1 is 1.05 bits per heavy atom. The molecule has 0 amide bonds. The van der Waals surface area contributed by atoms with E-state index in [0.717, 1.165) is 11.1 Å². The van der Waals surface area contributed by atoms with Gasteiger partial charge in [-0.05, 0) is 30.7 Å². The number of ketones is 1. The molecule has 0 saturated carbocycles. The number of hydrogen-bond acceptors (Lipinski definition) is 2. The molecule has 2 aromatic carbocycles. The molecule has 0 spiro atoms. The fourth-order valence-electron chi connectivity index (χ4n) is 2.34. The summed E-state index contributed by atoms with van der Waals surface area (Å²) in [6, 6.07) is 15.6. The van der Waals surface area contributed by atoms with Crippen molar-refractivity contribution in [3.8, 4) is 5.75 Å². The first-order valence-electron chi connectivity index (χ1n) is 6.78. The van der Waals surface area contributed by atoms with Crippen LogP contribution in [0.25, 0.3) is 6.08 Å². The molecule has 1 aliphatic rings. The summed E-state index contributed by atoms with van der Waals surface area (Å²) < 4.78 is 5.64. The molecule has 0 bridgehead atoms. The average Bonchev–Trinajstić information content (AvgIpc) is 2.62. The lowest BCUT2D eigenvalue weighted by Gasteiger charge is -2.04. The normalized spacial score (nSPS) is 16.4. The molecule has 0 N–H and O–H groups in total. The van der Waals surface area contributed by atoms with E-state index in [2.05, 4.69) is 19.1 Å². The monoisotopic (exact) mass is 264 g/mol. The molecule has 0 fully saturated rings. The lowest BCUT2D eigenvalue weighted by atomic mass is 9.99. The number of fused-ring (bicyclic) bond motifs is 1. The molecular weight excluding hydrogens is 248 g/mol. The van der Waals surface area contributed by atoms with Crippen molar-refractivity contribution >= 4 is 11.9 Å². The van der Waals surface area contributed by atoms with Gasteiger partial charge < -0.3 is 4.74 Å². The summed E-state index contributed by atoms with van der Waals surface area (Å²) in [7, 11) is 0. The Balaban J connectivity index is 1.98. The van der Waals surface area contributed by atoms with Gasteiger partial charge in [0.05, 0.1) is 12.2 Å². The maximum atomic E-state index is 12.6. The summed E-state index contributed by atoms with van der Waals surface area (Å²) in [6.07, 6.45) is 2.61. The molecule has 0 unspecified atom stereocenters. The first kappa shape index (κ1) is 12.7. The molecule has 3 rings (SSSR count). The predicted molar refractivity (Wildman–Crippen MR) is 80.0 cm³/mol. The Labute approximate surface area is 118 Å². The van der Waals surface area contributed by atoms with Crippen molar-refractivity contribution in [3.05, 3.63) is 70.8 Å². The molecule has 1 heterocycles. The topological polar surface area (TPSA) is 26.3 Å². The van der Waals surface area contributed by atoms with Crippen molar-refractivity contribution in [2.75, 3.05) is 6.61 Å². The van der Waals surface area contributed by atoms with Crippen LogP contribution in [-0.2, 0) is 0 Å². The largest absolute Gasteiger partial charge is 0.492 e. The Morgan fingerprint density at radius 2 is 1.80 bits per heavy atom. The molecule has 2 heteroatoms. The summed E-state index contributed by atoms with van der Waals surface area (Å²) in [6.45, 7) is 2.60. The third-order valence-corrected chi connectivity index (χ3v) is 3.47. The number of benzene rings is 2. The maximum absolute atomic E-state index is 12.6. The second-order valence-corrected chi connectivity index (χ2v) is 5.00. The van der Waals surface area contributed by atoms with Gasteiger partial charge in [0.25, 0.3) is 0 Å². The zero-order valence-electron chi connectivity index (χ0n) is 11.4. The summed E-state index contributed by atoms with van der Waals surface area (Å²) in [5, 5.41) is 0. The van der Waals surface area contributed by atoms with E-state index in [-0.39, 0.29) is 5.78 Å². The van der Waals surface area contributed by atoms with Crippen LogP contribution in [0.2, 0.25) is 0 Å². The summed E-state index contributed by atoms with van der Waals surface area (Å²) in [5.74, 6) is 0.753. The van der Waals surface area contributed by atoms with Crippen molar-refractivity contribution in [1.29, 1.82) is 0 Å². The zero-order valence-corrected chi connectivity index (χ0v) is 11.4. The molecule has 1 aliphatic heterocycles. The lowest BCUT2D eigenvalue weighted by Crippen LogP contribution is -2.01. The number of hydrogen-bond donors (Lipinski definition) is 0. The molecule has 100 valence electrons. The SMILES string of the molecule is Cc1ccc(/C=C2\CCOc3ccccc3C2=O)cc1. The van der Waals surface area contributed by atoms with E-state index in [0.29, 0.717) is 24.3 Å². The summed E-state index contributed by atoms with van der Waals surface area (Å²) in [5.41, 5.74) is 3.73. The van der Waals surface area contributed by atoms with Crippen molar-refractivity contribution in [1.82, 2.24) is 0 Å². The van der Waals surface area contributed by atoms with Gasteiger partial charge in [-0.3, -0.25) is 4.79 Å². The van der Waals surface area contributed by atoms with Gasteiger partial charge in [-0.25, -0.2) is 0 Å². The fraction of sp³-hybridized carbons (Fsp3) is 0.167. The summed E-state index contributed by atoms with van der Waals surface area (Å²) in [4.78, 5) is 12.6. The van der Waals surface area contributed by atoms with Crippen LogP contribution in [0.4, 0.5) is 0 Å². The quantitative estimate of drug-likeness (QED) is 0.726. The predicted octanol–water partition coefficient (Wildman–Crippen LogP) is 4.04. The van der Waals surface area contributed by atoms with Gasteiger partial charge in [-0.15, -0.1) is 0 Å². The van der Waals surface area contributed by atoms with Crippen LogP contribution >= 0.6 is 0 Å². The first-order chi connectivity index (χ1) is 9.74. The van der Waals surface area contributed by atoms with E-state index in [4.69, 9.17) is 4.74 Å². The van der Waals surface area contributed by atoms with E-state index in [1.165, 1.54) is 5.56 Å². The minimum absolute atomic E-state index is 0.0682. The highest BCUT2D eigenvalue weighted by Gasteiger charge is 2.20. The minimum atomic E-state index is 0.0682. The van der Waals surface area contributed by atoms with Gasteiger partial charge in [0.15, 0.2) is 5.78 Å². The highest BCUT2D eigenvalue weighted by atomic mass is 16.5. The van der Waals surface area contributed by atoms with Crippen LogP contribution in [0.5, 0.6) is 5.75 Å². The number of carbonyl (C=O) groups excluding carboxylic acids is 1. The fourth-order valence-corrected chi connectivity index (χ4v) is 2.34. The third kappa shape index (κ3) is 2.50. The Morgan fingerprint density at radius 3 is 2.60 bits per heavy atom. The second kappa shape index (κ2) is 5.33. The van der Waals surface area contributed by atoms with Gasteiger partial charge in [-0.1, -0.05) is 42.0 Å². The van der Waals surface area contributed by atoms with Crippen LogP contribution in [0, 0.1) is 6.92 Å². The minimum Gasteiger partial charge on any atom is -0.492 e. The number of rotatable bonds is 1. The first-order valence-corrected chi connectivity index (χ1v) is 6.78. The van der Waals surface area contributed by atoms with E-state index < -0.39 is 0 Å². The van der Waals surface area contributed by atoms with Crippen LogP contribution in [0.1, 0.15) is 27.9 Å². The third-order valence-electron chi connectivity index (χ3n) is 3.47. The number of Topliss-reactive ketones (excluding diaryl/α,β-unsaturated/α-hetero) is 1. The van der Waals surface area contributed by atoms with Gasteiger partial charge in [0, 0.05) is 12.0 Å². The highest BCUT2D eigenvalue weighted by Crippen LogP contribution is 2.27. The molecular formula is C18H16O2. The molecule has 0 atom stereocenters. The Hall–Kier alpha value is -2.35. The smallest absolute Gasteiger partial charge is 0.192 e. The van der Waals surface area contributed by atoms with Crippen LogP contribution < -0.4 is 4.74 Å². The van der Waals surface area contributed by atoms with Gasteiger partial charge >= 0.3 is 0 Å². The molecule has 0 aliphatic carbocycles. The summed E-state index contributed by atoms with van der Waals surface area (Å²) >= 11 is 0. The number of carbonyl (C=O) groups is 1. The number of aryl methyl sites for hydroxylation is 1. The Kier molecular flexibility index (Phi) is 3.38. The molecule has 0 radical (unpaired) electrons. The average molecular weight is 264 g/mol.